The fourth-order valence-corrected chi connectivity index (χ4v) is 10.4. The Morgan fingerprint density at radius 3 is 2.33 bits per heavy atom. The van der Waals surface area contributed by atoms with Gasteiger partial charge in [0.1, 0.15) is 16.8 Å². The number of nitrogens with zero attached hydrogens (tertiary/aromatic N) is 7. The van der Waals surface area contributed by atoms with Gasteiger partial charge in [-0.3, -0.25) is 34.3 Å². The highest BCUT2D eigenvalue weighted by atomic mass is 35.5. The molecule has 4 aliphatic rings. The fourth-order valence-electron chi connectivity index (χ4n) is 9.31. The van der Waals surface area contributed by atoms with Crippen molar-refractivity contribution in [2.45, 2.75) is 44.7 Å². The summed E-state index contributed by atoms with van der Waals surface area (Å²) >= 11 is 6.53. The number of rotatable bonds is 16. The van der Waals surface area contributed by atoms with Gasteiger partial charge in [-0.1, -0.05) is 51.1 Å². The van der Waals surface area contributed by atoms with Gasteiger partial charge in [0.05, 0.1) is 30.1 Å². The van der Waals surface area contributed by atoms with Crippen LogP contribution in [0.2, 0.25) is 5.02 Å². The highest BCUT2D eigenvalue weighted by Crippen LogP contribution is 2.36. The number of fused-ring (bicyclic) bond motifs is 1. The Kier molecular flexibility index (Phi) is 13.8. The van der Waals surface area contributed by atoms with Crippen LogP contribution in [0.15, 0.2) is 66.9 Å². The molecule has 3 fully saturated rings. The summed E-state index contributed by atoms with van der Waals surface area (Å²) in [6, 6.07) is 19.3. The average Bonchev–Trinajstić information content (AvgIpc) is 3.53. The third-order valence-electron chi connectivity index (χ3n) is 12.7. The van der Waals surface area contributed by atoms with Crippen molar-refractivity contribution >= 4 is 83.5 Å². The molecule has 3 N–H and O–H groups in total. The predicted octanol–water partition coefficient (Wildman–Crippen LogP) is 5.75. The molecule has 3 saturated heterocycles. The Hall–Kier alpha value is -5.34. The number of para-hydroxylation sites is 1. The van der Waals surface area contributed by atoms with Crippen molar-refractivity contribution < 1.29 is 23.9 Å². The summed E-state index contributed by atoms with van der Waals surface area (Å²) in [6.07, 6.45) is 4.95. The Labute approximate surface area is 375 Å². The first kappa shape index (κ1) is 44.3. The first-order valence-corrected chi connectivity index (χ1v) is 24.4. The number of nitrogens with one attached hydrogen (secondary N) is 3. The smallest absolute Gasteiger partial charge is 0.262 e. The number of carbonyl (C=O) groups is 4. The number of ether oxygens (including phenoxy) is 1. The SMILES string of the molecule is CCCC(C(=O)NC=O)N1C(=O)c2ccc(N3CC(CN4CCN(C5CCN(c6ccc(Nc7ncc(Cl)c(Nc8ccccc8P(C)C)n7)c(OC)c6)CC5)CC4)C3)cc2C1=O. The number of hydrogen-bond donors (Lipinski definition) is 3. The highest BCUT2D eigenvalue weighted by Gasteiger charge is 2.43. The quantitative estimate of drug-likeness (QED) is 0.0711. The molecule has 0 radical (unpaired) electrons. The summed E-state index contributed by atoms with van der Waals surface area (Å²) in [7, 11) is 1.36. The maximum absolute atomic E-state index is 13.4. The van der Waals surface area contributed by atoms with Crippen LogP contribution in [0.3, 0.4) is 0 Å². The number of carbonyl (C=O) groups excluding carboxylic acids is 4. The van der Waals surface area contributed by atoms with E-state index in [1.165, 1.54) is 5.30 Å². The van der Waals surface area contributed by atoms with Gasteiger partial charge in [-0.05, 0) is 74.3 Å². The van der Waals surface area contributed by atoms with E-state index in [9.17, 15) is 19.2 Å². The van der Waals surface area contributed by atoms with Crippen LogP contribution in [-0.2, 0) is 9.59 Å². The number of halogens is 1. The summed E-state index contributed by atoms with van der Waals surface area (Å²) in [4.78, 5) is 70.2. The molecular formula is C46H56ClN10O5P. The summed E-state index contributed by atoms with van der Waals surface area (Å²) in [5.41, 5.74) is 4.40. The maximum Gasteiger partial charge on any atom is 0.262 e. The van der Waals surface area contributed by atoms with Crippen molar-refractivity contribution in [1.29, 1.82) is 0 Å². The van der Waals surface area contributed by atoms with E-state index >= 15 is 0 Å². The monoisotopic (exact) mass is 894 g/mol. The summed E-state index contributed by atoms with van der Waals surface area (Å²) in [5.74, 6) is 0.562. The van der Waals surface area contributed by atoms with Crippen molar-refractivity contribution in [3.63, 3.8) is 0 Å². The van der Waals surface area contributed by atoms with E-state index in [4.69, 9.17) is 21.3 Å². The molecule has 0 aliphatic carbocycles. The second-order valence-corrected chi connectivity index (χ2v) is 19.6. The van der Waals surface area contributed by atoms with Crippen LogP contribution in [0.4, 0.5) is 34.5 Å². The molecule has 17 heteroatoms. The molecule has 332 valence electrons. The van der Waals surface area contributed by atoms with Crippen molar-refractivity contribution in [1.82, 2.24) is 30.0 Å². The van der Waals surface area contributed by atoms with Crippen LogP contribution in [-0.4, -0.2) is 140 Å². The molecule has 0 spiro atoms. The van der Waals surface area contributed by atoms with Gasteiger partial charge < -0.3 is 30.1 Å². The van der Waals surface area contributed by atoms with Crippen LogP contribution < -0.4 is 35.8 Å². The van der Waals surface area contributed by atoms with E-state index in [0.717, 1.165) is 99.4 Å². The van der Waals surface area contributed by atoms with Gasteiger partial charge in [-0.25, -0.2) is 4.98 Å². The first-order valence-electron chi connectivity index (χ1n) is 21.8. The van der Waals surface area contributed by atoms with Gasteiger partial charge in [0.25, 0.3) is 11.8 Å². The molecule has 63 heavy (non-hydrogen) atoms. The fraction of sp³-hybridized carbons (Fsp3) is 0.435. The van der Waals surface area contributed by atoms with Crippen LogP contribution in [0.1, 0.15) is 53.3 Å². The highest BCUT2D eigenvalue weighted by molar-refractivity contribution is 7.64. The lowest BCUT2D eigenvalue weighted by molar-refractivity contribution is -0.128. The zero-order chi connectivity index (χ0) is 44.2. The van der Waals surface area contributed by atoms with Crippen LogP contribution in [0, 0.1) is 5.92 Å². The number of piperidine rings is 1. The van der Waals surface area contributed by atoms with Crippen LogP contribution in [0.25, 0.3) is 0 Å². The minimum atomic E-state index is -1.02. The van der Waals surface area contributed by atoms with Gasteiger partial charge in [-0.15, -0.1) is 0 Å². The molecule has 4 aromatic rings. The van der Waals surface area contributed by atoms with Crippen molar-refractivity contribution in [2.24, 2.45) is 5.92 Å². The van der Waals surface area contributed by atoms with E-state index in [2.05, 4.69) is 72.1 Å². The minimum absolute atomic E-state index is 0.281. The summed E-state index contributed by atoms with van der Waals surface area (Å²) in [6.45, 7) is 15.3. The lowest BCUT2D eigenvalue weighted by atomic mass is 9.96. The van der Waals surface area contributed by atoms with Gasteiger partial charge in [0.2, 0.25) is 18.3 Å². The summed E-state index contributed by atoms with van der Waals surface area (Å²) < 4.78 is 5.84. The topological polar surface area (TPSA) is 156 Å². The lowest BCUT2D eigenvalue weighted by Gasteiger charge is -2.46. The zero-order valence-corrected chi connectivity index (χ0v) is 38.0. The van der Waals surface area contributed by atoms with Gasteiger partial charge in [-0.2, -0.15) is 4.98 Å². The largest absolute Gasteiger partial charge is 0.494 e. The number of anilines is 6. The third kappa shape index (κ3) is 9.62. The number of imide groups is 2. The Morgan fingerprint density at radius 2 is 1.62 bits per heavy atom. The summed E-state index contributed by atoms with van der Waals surface area (Å²) in [5, 5.41) is 10.5. The molecule has 3 aromatic carbocycles. The molecule has 1 unspecified atom stereocenters. The number of methoxy groups -OCH3 is 1. The second kappa shape index (κ2) is 19.6. The molecule has 1 atom stereocenters. The number of piperazine rings is 1. The van der Waals surface area contributed by atoms with E-state index < -0.39 is 23.8 Å². The molecule has 0 saturated carbocycles. The number of benzene rings is 3. The van der Waals surface area contributed by atoms with E-state index in [1.807, 2.05) is 37.3 Å². The minimum Gasteiger partial charge on any atom is -0.494 e. The van der Waals surface area contributed by atoms with Gasteiger partial charge in [0.15, 0.2) is 5.82 Å². The molecule has 15 nitrogen and oxygen atoms in total. The second-order valence-electron chi connectivity index (χ2n) is 16.9. The Bertz CT molecular complexity index is 2330. The molecule has 4 amide bonds. The van der Waals surface area contributed by atoms with Gasteiger partial charge >= 0.3 is 0 Å². The molecule has 1 aromatic heterocycles. The van der Waals surface area contributed by atoms with E-state index in [0.29, 0.717) is 52.0 Å². The van der Waals surface area contributed by atoms with Crippen molar-refractivity contribution in [2.75, 3.05) is 99.8 Å². The standard InChI is InChI=1S/C46H56ClN10O5P/c1-5-8-39(43(59)49-29-58)57-44(60)34-13-11-32(23-35(34)45(57)61)56-27-30(28-56)26-53-19-21-55(22-20-53)31-15-17-54(18-16-31)33-12-14-37(40(24-33)62-2)51-46-48-25-36(47)42(52-46)50-38-9-6-7-10-41(38)63(3)4/h6-7,9-14,23-25,29-31,39H,5,8,15-22,26-28H2,1-4H3,(H,49,58,59)(H2,48,50,51,52). The Morgan fingerprint density at radius 1 is 0.905 bits per heavy atom. The maximum atomic E-state index is 13.4. The van der Waals surface area contributed by atoms with E-state index in [-0.39, 0.29) is 20.8 Å². The molecule has 4 aliphatic heterocycles. The first-order chi connectivity index (χ1) is 30.5. The number of amides is 4. The predicted molar refractivity (Wildman–Crippen MR) is 250 cm³/mol. The van der Waals surface area contributed by atoms with E-state index in [1.54, 1.807) is 25.4 Å². The molecule has 8 rings (SSSR count). The van der Waals surface area contributed by atoms with Crippen molar-refractivity contribution in [3.05, 3.63) is 83.0 Å². The number of aromatic nitrogens is 2. The van der Waals surface area contributed by atoms with Crippen LogP contribution >= 0.6 is 19.5 Å². The molecule has 0 bridgehead atoms. The average molecular weight is 895 g/mol. The van der Waals surface area contributed by atoms with Crippen molar-refractivity contribution in [3.8, 4) is 5.75 Å². The van der Waals surface area contributed by atoms with Crippen LogP contribution in [0.5, 0.6) is 5.75 Å². The number of hydrogen-bond acceptors (Lipinski definition) is 13. The normalized spacial score (nSPS) is 18.0. The lowest BCUT2D eigenvalue weighted by Crippen LogP contribution is -2.57. The molecular weight excluding hydrogens is 839 g/mol. The Balaban J connectivity index is 0.788. The van der Waals surface area contributed by atoms with Gasteiger partial charge in [0, 0.05) is 94.0 Å². The third-order valence-corrected chi connectivity index (χ3v) is 14.3. The zero-order valence-electron chi connectivity index (χ0n) is 36.3. The molecule has 5 heterocycles.